The standard InChI is InChI=1S/C27H32O5/c1-6-30-20(2)31-25-18-13-21(14-19-25)8-7-9-23(26(29)32-27(3,4)5)15-10-22-11-16-24(28)17-12-22/h7-20,28H,6H2,1-5H3. The van der Waals surface area contributed by atoms with Crippen LogP contribution in [0.2, 0.25) is 0 Å². The zero-order valence-corrected chi connectivity index (χ0v) is 19.4. The molecule has 0 heterocycles. The van der Waals surface area contributed by atoms with E-state index in [9.17, 15) is 9.90 Å². The summed E-state index contributed by atoms with van der Waals surface area (Å²) in [5.41, 5.74) is 1.64. The number of aromatic hydroxyl groups is 1. The molecule has 1 N–H and O–H groups in total. The molecule has 0 amide bonds. The summed E-state index contributed by atoms with van der Waals surface area (Å²) in [5.74, 6) is 0.507. The van der Waals surface area contributed by atoms with Crippen LogP contribution in [0.3, 0.4) is 0 Å². The zero-order chi connectivity index (χ0) is 23.6. The minimum atomic E-state index is -0.597. The fourth-order valence-electron chi connectivity index (χ4n) is 2.68. The maximum atomic E-state index is 12.6. The van der Waals surface area contributed by atoms with Crippen LogP contribution in [0.1, 0.15) is 45.7 Å². The van der Waals surface area contributed by atoms with Crippen molar-refractivity contribution in [1.29, 1.82) is 0 Å². The highest BCUT2D eigenvalue weighted by atomic mass is 16.7. The first kappa shape index (κ1) is 25.0. The van der Waals surface area contributed by atoms with Crippen LogP contribution in [0.4, 0.5) is 0 Å². The smallest absolute Gasteiger partial charge is 0.338 e. The molecule has 5 nitrogen and oxygen atoms in total. The van der Waals surface area contributed by atoms with Crippen molar-refractivity contribution in [2.45, 2.75) is 46.5 Å². The average molecular weight is 437 g/mol. The number of phenols is 1. The summed E-state index contributed by atoms with van der Waals surface area (Å²) in [5, 5.41) is 9.43. The summed E-state index contributed by atoms with van der Waals surface area (Å²) in [6, 6.07) is 14.3. The molecule has 0 spiro atoms. The Kier molecular flexibility index (Phi) is 9.29. The van der Waals surface area contributed by atoms with Gasteiger partial charge in [-0.05, 0) is 82.2 Å². The van der Waals surface area contributed by atoms with Gasteiger partial charge in [-0.15, -0.1) is 0 Å². The number of esters is 1. The second-order valence-corrected chi connectivity index (χ2v) is 8.12. The van der Waals surface area contributed by atoms with E-state index < -0.39 is 11.6 Å². The SMILES string of the molecule is CCOC(C)Oc1ccc(C=CC=C(C=Cc2ccc(O)cc2)C(=O)OC(C)(C)C)cc1. The Bertz CT molecular complexity index is 945. The Morgan fingerprint density at radius 3 is 2.19 bits per heavy atom. The number of carbonyl (C=O) groups is 1. The van der Waals surface area contributed by atoms with E-state index in [-0.39, 0.29) is 12.0 Å². The summed E-state index contributed by atoms with van der Waals surface area (Å²) < 4.78 is 16.6. The number of allylic oxidation sites excluding steroid dienone is 2. The highest BCUT2D eigenvalue weighted by molar-refractivity contribution is 5.93. The van der Waals surface area contributed by atoms with E-state index in [4.69, 9.17) is 14.2 Å². The number of hydrogen-bond donors (Lipinski definition) is 1. The summed E-state index contributed by atoms with van der Waals surface area (Å²) >= 11 is 0. The Labute approximate surface area is 190 Å². The molecular weight excluding hydrogens is 404 g/mol. The van der Waals surface area contributed by atoms with Gasteiger partial charge in [0.1, 0.15) is 17.1 Å². The van der Waals surface area contributed by atoms with E-state index in [1.54, 1.807) is 48.6 Å². The Balaban J connectivity index is 2.15. The number of carbonyl (C=O) groups excluding carboxylic acids is 1. The monoisotopic (exact) mass is 436 g/mol. The number of benzene rings is 2. The van der Waals surface area contributed by atoms with Crippen molar-refractivity contribution in [3.63, 3.8) is 0 Å². The fourth-order valence-corrected chi connectivity index (χ4v) is 2.68. The van der Waals surface area contributed by atoms with Crippen molar-refractivity contribution >= 4 is 18.1 Å². The van der Waals surface area contributed by atoms with E-state index >= 15 is 0 Å². The van der Waals surface area contributed by atoms with Crippen LogP contribution >= 0.6 is 0 Å². The van der Waals surface area contributed by atoms with E-state index in [2.05, 4.69) is 0 Å². The van der Waals surface area contributed by atoms with Crippen LogP contribution in [0, 0.1) is 0 Å². The van der Waals surface area contributed by atoms with Crippen molar-refractivity contribution in [1.82, 2.24) is 0 Å². The van der Waals surface area contributed by atoms with E-state index in [1.165, 1.54) is 0 Å². The number of phenolic OH excluding ortho intramolecular Hbond substituents is 1. The summed E-state index contributed by atoms with van der Waals surface area (Å²) in [4.78, 5) is 12.6. The predicted octanol–water partition coefficient (Wildman–Crippen LogP) is 6.15. The van der Waals surface area contributed by atoms with Crippen LogP contribution < -0.4 is 4.74 Å². The first-order valence-electron chi connectivity index (χ1n) is 10.6. The molecule has 1 unspecified atom stereocenters. The molecule has 0 aliphatic heterocycles. The molecular formula is C27H32O5. The van der Waals surface area contributed by atoms with Crippen molar-refractivity contribution < 1.29 is 24.1 Å². The maximum Gasteiger partial charge on any atom is 0.338 e. The van der Waals surface area contributed by atoms with Crippen molar-refractivity contribution in [3.05, 3.63) is 83.5 Å². The second kappa shape index (κ2) is 11.9. The molecule has 5 heteroatoms. The molecule has 0 aliphatic carbocycles. The molecule has 0 bridgehead atoms. The summed E-state index contributed by atoms with van der Waals surface area (Å²) in [7, 11) is 0. The van der Waals surface area contributed by atoms with Gasteiger partial charge in [0.15, 0.2) is 6.29 Å². The highest BCUT2D eigenvalue weighted by Crippen LogP contribution is 2.17. The Hall–Kier alpha value is -3.31. The second-order valence-electron chi connectivity index (χ2n) is 8.12. The molecule has 0 radical (unpaired) electrons. The lowest BCUT2D eigenvalue weighted by Gasteiger charge is -2.19. The summed E-state index contributed by atoms with van der Waals surface area (Å²) in [6.45, 7) is 9.86. The first-order valence-corrected chi connectivity index (χ1v) is 10.6. The van der Waals surface area contributed by atoms with Gasteiger partial charge in [0.05, 0.1) is 5.57 Å². The van der Waals surface area contributed by atoms with Gasteiger partial charge in [0.2, 0.25) is 0 Å². The molecule has 170 valence electrons. The molecule has 2 rings (SSSR count). The lowest BCUT2D eigenvalue weighted by molar-refractivity contribution is -0.149. The van der Waals surface area contributed by atoms with Gasteiger partial charge in [-0.3, -0.25) is 0 Å². The van der Waals surface area contributed by atoms with E-state index in [1.807, 2.05) is 65.0 Å². The average Bonchev–Trinajstić information content (AvgIpc) is 2.72. The topological polar surface area (TPSA) is 65.0 Å². The molecule has 0 fully saturated rings. The van der Waals surface area contributed by atoms with Gasteiger partial charge < -0.3 is 19.3 Å². The van der Waals surface area contributed by atoms with Crippen molar-refractivity contribution in [2.75, 3.05) is 6.61 Å². The number of hydrogen-bond acceptors (Lipinski definition) is 5. The molecule has 0 aliphatic rings. The van der Waals surface area contributed by atoms with Crippen LogP contribution in [0.5, 0.6) is 11.5 Å². The van der Waals surface area contributed by atoms with Crippen LogP contribution in [-0.4, -0.2) is 29.6 Å². The normalized spacial score (nSPS) is 13.5. The molecule has 0 saturated carbocycles. The van der Waals surface area contributed by atoms with Gasteiger partial charge in [-0.1, -0.05) is 42.5 Å². The van der Waals surface area contributed by atoms with Gasteiger partial charge in [0.25, 0.3) is 0 Å². The molecule has 1 atom stereocenters. The summed E-state index contributed by atoms with van der Waals surface area (Å²) in [6.07, 6.45) is 8.62. The minimum Gasteiger partial charge on any atom is -0.508 e. The lowest BCUT2D eigenvalue weighted by atomic mass is 10.1. The molecule has 2 aromatic rings. The number of ether oxygens (including phenoxy) is 3. The van der Waals surface area contributed by atoms with Crippen LogP contribution in [-0.2, 0) is 14.3 Å². The van der Waals surface area contributed by atoms with Crippen molar-refractivity contribution in [3.8, 4) is 11.5 Å². The third-order valence-electron chi connectivity index (χ3n) is 4.13. The fraction of sp³-hybridized carbons (Fsp3) is 0.296. The molecule has 2 aromatic carbocycles. The number of rotatable bonds is 9. The predicted molar refractivity (Wildman–Crippen MR) is 128 cm³/mol. The van der Waals surface area contributed by atoms with Gasteiger partial charge in [-0.25, -0.2) is 4.79 Å². The van der Waals surface area contributed by atoms with E-state index in [0.717, 1.165) is 16.9 Å². The van der Waals surface area contributed by atoms with Crippen molar-refractivity contribution in [2.24, 2.45) is 0 Å². The third kappa shape index (κ3) is 9.23. The maximum absolute atomic E-state index is 12.6. The van der Waals surface area contributed by atoms with Gasteiger partial charge >= 0.3 is 5.97 Å². The van der Waals surface area contributed by atoms with Gasteiger partial charge in [-0.2, -0.15) is 0 Å². The first-order chi connectivity index (χ1) is 15.2. The lowest BCUT2D eigenvalue weighted by Crippen LogP contribution is -2.24. The molecule has 0 saturated heterocycles. The van der Waals surface area contributed by atoms with E-state index in [0.29, 0.717) is 12.2 Å². The molecule has 0 aromatic heterocycles. The Morgan fingerprint density at radius 2 is 1.59 bits per heavy atom. The molecule has 32 heavy (non-hydrogen) atoms. The Morgan fingerprint density at radius 1 is 1.00 bits per heavy atom. The highest BCUT2D eigenvalue weighted by Gasteiger charge is 2.18. The van der Waals surface area contributed by atoms with Gasteiger partial charge in [0, 0.05) is 6.61 Å². The minimum absolute atomic E-state index is 0.191. The quantitative estimate of drug-likeness (QED) is 0.221. The van der Waals surface area contributed by atoms with Crippen LogP contribution in [0.25, 0.3) is 12.2 Å². The largest absolute Gasteiger partial charge is 0.508 e. The third-order valence-corrected chi connectivity index (χ3v) is 4.13. The van der Waals surface area contributed by atoms with Crippen LogP contribution in [0.15, 0.2) is 72.3 Å². The zero-order valence-electron chi connectivity index (χ0n) is 19.4.